The minimum Gasteiger partial charge on any atom is -0.594 e. The smallest absolute Gasteiger partial charge is 0.439 e. The van der Waals surface area contributed by atoms with E-state index < -0.39 is 18.0 Å². The first-order valence-corrected chi connectivity index (χ1v) is 5.18. The van der Waals surface area contributed by atoms with Crippen LogP contribution in [-0.4, -0.2) is 10.2 Å². The third-order valence-electron chi connectivity index (χ3n) is 2.87. The van der Waals surface area contributed by atoms with E-state index in [1.54, 1.807) is 0 Å². The molecule has 1 heterocycles. The topological polar surface area (TPSA) is 60.1 Å². The Morgan fingerprint density at radius 2 is 2.18 bits per heavy atom. The first-order chi connectivity index (χ1) is 7.79. The van der Waals surface area contributed by atoms with E-state index in [9.17, 15) is 23.5 Å². The van der Waals surface area contributed by atoms with Gasteiger partial charge in [0.05, 0.1) is 11.7 Å². The van der Waals surface area contributed by atoms with Crippen LogP contribution in [0.4, 0.5) is 13.2 Å². The highest BCUT2D eigenvalue weighted by molar-refractivity contribution is 5.25. The number of alkyl halides is 3. The van der Waals surface area contributed by atoms with Crippen LogP contribution in [0.25, 0.3) is 0 Å². The van der Waals surface area contributed by atoms with Gasteiger partial charge in [0.25, 0.3) is 0 Å². The van der Waals surface area contributed by atoms with Crippen LogP contribution in [0.15, 0.2) is 6.07 Å². The van der Waals surface area contributed by atoms with Gasteiger partial charge in [-0.2, -0.15) is 13.2 Å². The summed E-state index contributed by atoms with van der Waals surface area (Å²) >= 11 is 0. The zero-order valence-corrected chi connectivity index (χ0v) is 9.03. The molecule has 0 aromatic carbocycles. The average Bonchev–Trinajstić information content (AvgIpc) is 2.17. The number of fused-ring (bicyclic) bond motifs is 1. The minimum atomic E-state index is -4.68. The van der Waals surface area contributed by atoms with Crippen LogP contribution < -0.4 is 4.85 Å². The fraction of sp³-hybridized carbons (Fsp3) is 0.600. The van der Waals surface area contributed by atoms with Crippen molar-refractivity contribution in [3.8, 4) is 0 Å². The molecule has 94 valence electrons. The summed E-state index contributed by atoms with van der Waals surface area (Å²) in [6, 6.07) is 0.764. The van der Waals surface area contributed by atoms with Crippen molar-refractivity contribution in [3.05, 3.63) is 28.2 Å². The van der Waals surface area contributed by atoms with Crippen molar-refractivity contribution in [2.24, 2.45) is 5.92 Å². The van der Waals surface area contributed by atoms with Gasteiger partial charge < -0.3 is 10.3 Å². The summed E-state index contributed by atoms with van der Waals surface area (Å²) in [5.74, 6) is 0.0521. The van der Waals surface area contributed by atoms with Gasteiger partial charge in [-0.3, -0.25) is 0 Å². The van der Waals surface area contributed by atoms with Crippen molar-refractivity contribution < 1.29 is 23.1 Å². The number of aliphatic hydroxyl groups excluding tert-OH is 1. The molecule has 0 amide bonds. The molecule has 1 aliphatic carbocycles. The molecule has 2 atom stereocenters. The third-order valence-corrected chi connectivity index (χ3v) is 2.87. The van der Waals surface area contributed by atoms with Crippen LogP contribution in [0.2, 0.25) is 0 Å². The van der Waals surface area contributed by atoms with E-state index in [4.69, 9.17) is 0 Å². The first-order valence-electron chi connectivity index (χ1n) is 5.18. The molecule has 0 radical (unpaired) electrons. The summed E-state index contributed by atoms with van der Waals surface area (Å²) < 4.78 is 37.3. The lowest BCUT2D eigenvalue weighted by Crippen LogP contribution is -2.42. The van der Waals surface area contributed by atoms with Crippen molar-refractivity contribution in [3.63, 3.8) is 0 Å². The second kappa shape index (κ2) is 3.83. The molecule has 0 saturated carbocycles. The van der Waals surface area contributed by atoms with E-state index >= 15 is 0 Å². The molecule has 0 saturated heterocycles. The second-order valence-electron chi connectivity index (χ2n) is 4.36. The fourth-order valence-electron chi connectivity index (χ4n) is 2.07. The number of hydrogen-bond donors (Lipinski definition) is 1. The predicted molar refractivity (Wildman–Crippen MR) is 50.6 cm³/mol. The van der Waals surface area contributed by atoms with Gasteiger partial charge in [-0.25, -0.2) is 0 Å². The number of halogens is 3. The van der Waals surface area contributed by atoms with Crippen molar-refractivity contribution in [1.29, 1.82) is 0 Å². The molecule has 2 unspecified atom stereocenters. The van der Waals surface area contributed by atoms with Gasteiger partial charge in [-0.15, -0.1) is 0 Å². The van der Waals surface area contributed by atoms with Gasteiger partial charge in [-0.1, -0.05) is 11.8 Å². The summed E-state index contributed by atoms with van der Waals surface area (Å²) in [6.45, 7) is 1.82. The summed E-state index contributed by atoms with van der Waals surface area (Å²) in [7, 11) is 0. The van der Waals surface area contributed by atoms with Crippen LogP contribution >= 0.6 is 0 Å². The highest BCUT2D eigenvalue weighted by Gasteiger charge is 2.39. The van der Waals surface area contributed by atoms with E-state index in [1.165, 1.54) is 0 Å². The SMILES string of the molecule is CC1Cc2c(cc(C(F)(F)F)n[n+]2[O-])C(O)C1. The maximum absolute atomic E-state index is 12.4. The Bertz CT molecular complexity index is 448. The molecule has 17 heavy (non-hydrogen) atoms. The van der Waals surface area contributed by atoms with Crippen LogP contribution in [-0.2, 0) is 12.6 Å². The Hall–Kier alpha value is -1.37. The van der Waals surface area contributed by atoms with Gasteiger partial charge >= 0.3 is 6.18 Å². The normalized spacial score (nSPS) is 24.5. The lowest BCUT2D eigenvalue weighted by Gasteiger charge is -2.24. The highest BCUT2D eigenvalue weighted by atomic mass is 19.4. The lowest BCUT2D eigenvalue weighted by molar-refractivity contribution is -0.680. The Labute approximate surface area is 95.3 Å². The van der Waals surface area contributed by atoms with E-state index in [1.807, 2.05) is 6.92 Å². The fourth-order valence-corrected chi connectivity index (χ4v) is 2.07. The average molecular weight is 248 g/mol. The van der Waals surface area contributed by atoms with E-state index in [0.717, 1.165) is 6.07 Å². The third kappa shape index (κ3) is 2.19. The summed E-state index contributed by atoms with van der Waals surface area (Å²) in [5.41, 5.74) is -1.09. The standard InChI is InChI=1S/C10H11F3N2O2/c1-5-2-7-6(8(16)3-5)4-9(10(11,12)13)14-15(7)17/h4-5,8,16H,2-3H2,1H3. The summed E-state index contributed by atoms with van der Waals surface area (Å²) in [6.07, 6.45) is -5.02. The number of hydrogen-bond acceptors (Lipinski definition) is 3. The zero-order valence-electron chi connectivity index (χ0n) is 9.03. The molecule has 0 bridgehead atoms. The molecule has 1 aromatic rings. The zero-order chi connectivity index (χ0) is 12.8. The van der Waals surface area contributed by atoms with Gasteiger partial charge in [-0.05, 0) is 18.4 Å². The van der Waals surface area contributed by atoms with Crippen molar-refractivity contribution >= 4 is 0 Å². The quantitative estimate of drug-likeness (QED) is 0.557. The van der Waals surface area contributed by atoms with E-state index in [-0.39, 0.29) is 22.0 Å². The number of aromatic nitrogens is 2. The van der Waals surface area contributed by atoms with Crippen molar-refractivity contribution in [1.82, 2.24) is 5.10 Å². The van der Waals surface area contributed by atoms with Gasteiger partial charge in [0.1, 0.15) is 0 Å². The molecule has 2 rings (SSSR count). The maximum atomic E-state index is 12.4. The van der Waals surface area contributed by atoms with E-state index in [0.29, 0.717) is 12.8 Å². The molecular formula is C10H11F3N2O2. The molecule has 4 nitrogen and oxygen atoms in total. The lowest BCUT2D eigenvalue weighted by atomic mass is 9.86. The predicted octanol–water partition coefficient (Wildman–Crippen LogP) is 1.35. The minimum absolute atomic E-state index is 0.0168. The van der Waals surface area contributed by atoms with Gasteiger partial charge in [0.15, 0.2) is 0 Å². The van der Waals surface area contributed by atoms with Crippen LogP contribution in [0.3, 0.4) is 0 Å². The summed E-state index contributed by atoms with van der Waals surface area (Å²) in [4.78, 5) is -0.0168. The molecule has 0 aliphatic heterocycles. The van der Waals surface area contributed by atoms with E-state index in [2.05, 4.69) is 5.10 Å². The number of rotatable bonds is 0. The van der Waals surface area contributed by atoms with Crippen molar-refractivity contribution in [2.45, 2.75) is 32.0 Å². The largest absolute Gasteiger partial charge is 0.594 e. The molecule has 1 aromatic heterocycles. The molecule has 0 fully saturated rings. The van der Waals surface area contributed by atoms with Crippen LogP contribution in [0, 0.1) is 11.1 Å². The van der Waals surface area contributed by atoms with Gasteiger partial charge in [0.2, 0.25) is 11.4 Å². The monoisotopic (exact) mass is 248 g/mol. The first kappa shape index (κ1) is 12.1. The molecule has 7 heteroatoms. The Morgan fingerprint density at radius 3 is 2.76 bits per heavy atom. The van der Waals surface area contributed by atoms with Crippen LogP contribution in [0.5, 0.6) is 0 Å². The number of nitrogens with zero attached hydrogens (tertiary/aromatic N) is 2. The maximum Gasteiger partial charge on any atom is 0.439 e. The Kier molecular flexibility index (Phi) is 2.73. The highest BCUT2D eigenvalue weighted by Crippen LogP contribution is 2.34. The second-order valence-corrected chi connectivity index (χ2v) is 4.36. The molecule has 1 N–H and O–H groups in total. The molecule has 0 spiro atoms. The Balaban J connectivity index is 2.54. The summed E-state index contributed by atoms with van der Waals surface area (Å²) in [5, 5.41) is 24.1. The molecule has 1 aliphatic rings. The Morgan fingerprint density at radius 1 is 1.53 bits per heavy atom. The van der Waals surface area contributed by atoms with Crippen LogP contribution in [0.1, 0.15) is 36.4 Å². The molecular weight excluding hydrogens is 237 g/mol. The number of aliphatic hydroxyl groups is 1. The van der Waals surface area contributed by atoms with Crippen molar-refractivity contribution in [2.75, 3.05) is 0 Å². The van der Waals surface area contributed by atoms with Gasteiger partial charge in [0, 0.05) is 11.5 Å².